The number of halogens is 1. The Bertz CT molecular complexity index is 484. The number of anilines is 1. The Morgan fingerprint density at radius 1 is 1.33 bits per heavy atom. The van der Waals surface area contributed by atoms with Crippen LogP contribution in [-0.4, -0.2) is 9.97 Å². The van der Waals surface area contributed by atoms with Gasteiger partial charge < -0.3 is 10.2 Å². The summed E-state index contributed by atoms with van der Waals surface area (Å²) in [7, 11) is 0. The third kappa shape index (κ3) is 1.74. The van der Waals surface area contributed by atoms with Crippen LogP contribution in [0.1, 0.15) is 11.3 Å². The van der Waals surface area contributed by atoms with E-state index >= 15 is 0 Å². The highest BCUT2D eigenvalue weighted by Crippen LogP contribution is 2.26. The van der Waals surface area contributed by atoms with Crippen molar-refractivity contribution in [1.29, 1.82) is 0 Å². The van der Waals surface area contributed by atoms with Gasteiger partial charge in [0.25, 0.3) is 0 Å². The summed E-state index contributed by atoms with van der Waals surface area (Å²) >= 11 is 3.31. The molecule has 0 fully saturated rings. The minimum absolute atomic E-state index is 0.424. The van der Waals surface area contributed by atoms with E-state index in [2.05, 4.69) is 25.9 Å². The van der Waals surface area contributed by atoms with E-state index in [-0.39, 0.29) is 0 Å². The van der Waals surface area contributed by atoms with E-state index in [1.807, 2.05) is 19.9 Å². The van der Waals surface area contributed by atoms with Gasteiger partial charge in [0.15, 0.2) is 11.6 Å². The minimum Gasteiger partial charge on any atom is -0.461 e. The van der Waals surface area contributed by atoms with Crippen LogP contribution in [0.3, 0.4) is 0 Å². The van der Waals surface area contributed by atoms with Gasteiger partial charge in [-0.15, -0.1) is 0 Å². The molecule has 0 aliphatic rings. The van der Waals surface area contributed by atoms with Gasteiger partial charge in [0.05, 0.1) is 16.4 Å². The lowest BCUT2D eigenvalue weighted by Gasteiger charge is -2.04. The molecule has 2 heterocycles. The molecule has 0 radical (unpaired) electrons. The molecule has 0 aliphatic carbocycles. The third-order valence-electron chi connectivity index (χ3n) is 2.11. The molecule has 2 aromatic rings. The van der Waals surface area contributed by atoms with E-state index in [0.717, 1.165) is 15.7 Å². The van der Waals surface area contributed by atoms with Crippen molar-refractivity contribution in [2.45, 2.75) is 13.8 Å². The van der Waals surface area contributed by atoms with E-state index < -0.39 is 0 Å². The molecule has 0 bridgehead atoms. The Morgan fingerprint density at radius 2 is 2.07 bits per heavy atom. The smallest absolute Gasteiger partial charge is 0.198 e. The largest absolute Gasteiger partial charge is 0.461 e. The van der Waals surface area contributed by atoms with E-state index in [9.17, 15) is 0 Å². The number of nitrogens with zero attached hydrogens (tertiary/aromatic N) is 2. The maximum Gasteiger partial charge on any atom is 0.198 e. The van der Waals surface area contributed by atoms with Gasteiger partial charge in [-0.05, 0) is 41.4 Å². The average molecular weight is 268 g/mol. The van der Waals surface area contributed by atoms with Crippen LogP contribution in [-0.2, 0) is 0 Å². The van der Waals surface area contributed by atoms with Gasteiger partial charge in [0, 0.05) is 0 Å². The molecular formula is C10H10BrN3O. The lowest BCUT2D eigenvalue weighted by molar-refractivity contribution is 0.575. The number of hydrogen-bond donors (Lipinski definition) is 1. The molecular weight excluding hydrogens is 258 g/mol. The second kappa shape index (κ2) is 3.66. The van der Waals surface area contributed by atoms with Crippen LogP contribution in [0.2, 0.25) is 0 Å². The number of rotatable bonds is 1. The van der Waals surface area contributed by atoms with Crippen LogP contribution in [0.5, 0.6) is 0 Å². The topological polar surface area (TPSA) is 64.9 Å². The Balaban J connectivity index is 2.60. The fraction of sp³-hybridized carbons (Fsp3) is 0.200. The number of aryl methyl sites for hydroxylation is 2. The minimum atomic E-state index is 0.424. The van der Waals surface area contributed by atoms with E-state index in [1.54, 1.807) is 6.26 Å². The fourth-order valence-corrected chi connectivity index (χ4v) is 1.46. The second-order valence-electron chi connectivity index (χ2n) is 3.26. The van der Waals surface area contributed by atoms with Crippen LogP contribution >= 0.6 is 15.9 Å². The first-order chi connectivity index (χ1) is 7.09. The van der Waals surface area contributed by atoms with E-state index in [0.29, 0.717) is 17.4 Å². The summed E-state index contributed by atoms with van der Waals surface area (Å²) in [5, 5.41) is 0. The molecule has 78 valence electrons. The zero-order valence-electron chi connectivity index (χ0n) is 8.41. The highest BCUT2D eigenvalue weighted by molar-refractivity contribution is 9.10. The maximum absolute atomic E-state index is 5.74. The molecule has 0 aliphatic heterocycles. The average Bonchev–Trinajstić information content (AvgIpc) is 2.60. The van der Waals surface area contributed by atoms with Gasteiger partial charge in [-0.1, -0.05) is 0 Å². The zero-order valence-corrected chi connectivity index (χ0v) is 10.00. The van der Waals surface area contributed by atoms with Crippen molar-refractivity contribution < 1.29 is 4.42 Å². The van der Waals surface area contributed by atoms with Gasteiger partial charge in [-0.25, -0.2) is 9.97 Å². The molecule has 0 saturated heterocycles. The lowest BCUT2D eigenvalue weighted by atomic mass is 10.2. The van der Waals surface area contributed by atoms with Gasteiger partial charge in [-0.3, -0.25) is 0 Å². The van der Waals surface area contributed by atoms with Crippen LogP contribution in [0.25, 0.3) is 11.6 Å². The first kappa shape index (κ1) is 10.2. The van der Waals surface area contributed by atoms with Gasteiger partial charge >= 0.3 is 0 Å². The molecule has 0 atom stereocenters. The summed E-state index contributed by atoms with van der Waals surface area (Å²) in [5.41, 5.74) is 7.53. The first-order valence-electron chi connectivity index (χ1n) is 4.43. The van der Waals surface area contributed by atoms with Crippen LogP contribution in [0, 0.1) is 13.8 Å². The molecule has 0 aromatic carbocycles. The molecule has 5 heteroatoms. The molecule has 0 amide bonds. The Morgan fingerprint density at radius 3 is 2.60 bits per heavy atom. The van der Waals surface area contributed by atoms with Crippen molar-refractivity contribution in [3.63, 3.8) is 0 Å². The Labute approximate surface area is 95.7 Å². The summed E-state index contributed by atoms with van der Waals surface area (Å²) in [5.74, 6) is 1.61. The molecule has 2 rings (SSSR count). The summed E-state index contributed by atoms with van der Waals surface area (Å²) in [4.78, 5) is 8.47. The molecule has 0 unspecified atom stereocenters. The molecule has 2 N–H and O–H groups in total. The quantitative estimate of drug-likeness (QED) is 0.863. The summed E-state index contributed by atoms with van der Waals surface area (Å²) < 4.78 is 6.04. The van der Waals surface area contributed by atoms with Crippen molar-refractivity contribution >= 4 is 21.7 Å². The van der Waals surface area contributed by atoms with Crippen molar-refractivity contribution in [3.8, 4) is 11.6 Å². The summed E-state index contributed by atoms with van der Waals surface area (Å²) in [6.45, 7) is 3.81. The van der Waals surface area contributed by atoms with Crippen LogP contribution in [0.15, 0.2) is 21.2 Å². The Hall–Kier alpha value is -1.36. The number of nitrogen functional groups attached to an aromatic ring is 1. The number of nitrogens with two attached hydrogens (primary N) is 1. The number of furan rings is 1. The molecule has 15 heavy (non-hydrogen) atoms. The zero-order chi connectivity index (χ0) is 11.0. The fourth-order valence-electron chi connectivity index (χ4n) is 1.28. The van der Waals surface area contributed by atoms with Gasteiger partial charge in [0.2, 0.25) is 0 Å². The SMILES string of the molecule is Cc1ccoc1-c1nc(C)c(Br)c(N)n1. The predicted molar refractivity (Wildman–Crippen MR) is 61.3 cm³/mol. The van der Waals surface area contributed by atoms with Crippen LogP contribution < -0.4 is 5.73 Å². The highest BCUT2D eigenvalue weighted by atomic mass is 79.9. The normalized spacial score (nSPS) is 10.6. The molecule has 2 aromatic heterocycles. The monoisotopic (exact) mass is 267 g/mol. The van der Waals surface area contributed by atoms with Crippen molar-refractivity contribution in [1.82, 2.24) is 9.97 Å². The summed E-state index contributed by atoms with van der Waals surface area (Å²) in [6.07, 6.45) is 1.61. The van der Waals surface area contributed by atoms with Gasteiger partial charge in [0.1, 0.15) is 5.82 Å². The highest BCUT2D eigenvalue weighted by Gasteiger charge is 2.12. The van der Waals surface area contributed by atoms with Crippen molar-refractivity contribution in [2.75, 3.05) is 5.73 Å². The maximum atomic E-state index is 5.74. The van der Waals surface area contributed by atoms with Crippen molar-refractivity contribution in [2.24, 2.45) is 0 Å². The van der Waals surface area contributed by atoms with Gasteiger partial charge in [-0.2, -0.15) is 0 Å². The van der Waals surface area contributed by atoms with E-state index in [4.69, 9.17) is 10.2 Å². The first-order valence-corrected chi connectivity index (χ1v) is 5.23. The lowest BCUT2D eigenvalue weighted by Crippen LogP contribution is -2.00. The molecule has 0 spiro atoms. The van der Waals surface area contributed by atoms with E-state index in [1.165, 1.54) is 0 Å². The molecule has 0 saturated carbocycles. The number of hydrogen-bond acceptors (Lipinski definition) is 4. The second-order valence-corrected chi connectivity index (χ2v) is 4.06. The third-order valence-corrected chi connectivity index (χ3v) is 3.09. The molecule has 4 nitrogen and oxygen atoms in total. The standard InChI is InChI=1S/C10H10BrN3O/c1-5-3-4-15-8(5)10-13-6(2)7(11)9(12)14-10/h3-4H,1-2H3,(H2,12,13,14). The Kier molecular flexibility index (Phi) is 2.48. The predicted octanol–water partition coefficient (Wildman–Crippen LogP) is 2.70. The van der Waals surface area contributed by atoms with Crippen LogP contribution in [0.4, 0.5) is 5.82 Å². The summed E-state index contributed by atoms with van der Waals surface area (Å²) in [6, 6.07) is 1.87. The van der Waals surface area contributed by atoms with Crippen molar-refractivity contribution in [3.05, 3.63) is 28.1 Å². The number of aromatic nitrogens is 2.